The quantitative estimate of drug-likeness (QED) is 0.791. The number of nitrogen functional groups attached to an aromatic ring is 1. The van der Waals surface area contributed by atoms with E-state index in [1.165, 1.54) is 0 Å². The largest absolute Gasteiger partial charge is 0.399 e. The van der Waals surface area contributed by atoms with Gasteiger partial charge in [-0.05, 0) is 25.0 Å². The van der Waals surface area contributed by atoms with Gasteiger partial charge in [0.15, 0.2) is 5.82 Å². The van der Waals surface area contributed by atoms with Gasteiger partial charge in [-0.2, -0.15) is 5.10 Å². The molecule has 84 valence electrons. The highest BCUT2D eigenvalue weighted by Crippen LogP contribution is 2.12. The molecule has 0 atom stereocenters. The topological polar surface area (TPSA) is 56.7 Å². The van der Waals surface area contributed by atoms with Gasteiger partial charge in [0.25, 0.3) is 0 Å². The summed E-state index contributed by atoms with van der Waals surface area (Å²) in [7, 11) is 1.91. The van der Waals surface area contributed by atoms with Crippen LogP contribution in [0.3, 0.4) is 0 Å². The minimum absolute atomic E-state index is 0.829. The lowest BCUT2D eigenvalue weighted by atomic mass is 10.1. The Kier molecular flexibility index (Phi) is 2.90. The summed E-state index contributed by atoms with van der Waals surface area (Å²) in [4.78, 5) is 4.37. The number of hydrogen-bond donors (Lipinski definition) is 1. The monoisotopic (exact) mass is 216 g/mol. The van der Waals surface area contributed by atoms with Gasteiger partial charge in [0.1, 0.15) is 5.82 Å². The molecule has 0 spiro atoms. The van der Waals surface area contributed by atoms with Gasteiger partial charge < -0.3 is 5.73 Å². The van der Waals surface area contributed by atoms with E-state index >= 15 is 0 Å². The molecule has 0 aliphatic carbocycles. The van der Waals surface area contributed by atoms with E-state index < -0.39 is 0 Å². The molecule has 1 aromatic carbocycles. The summed E-state index contributed by atoms with van der Waals surface area (Å²) in [5, 5.41) is 4.32. The lowest BCUT2D eigenvalue weighted by Gasteiger charge is -2.02. The maximum atomic E-state index is 5.87. The van der Waals surface area contributed by atoms with Gasteiger partial charge >= 0.3 is 0 Å². The Morgan fingerprint density at radius 3 is 2.62 bits per heavy atom. The van der Waals surface area contributed by atoms with Crippen LogP contribution in [0, 0.1) is 6.92 Å². The van der Waals surface area contributed by atoms with Crippen LogP contribution in [0.1, 0.15) is 17.2 Å². The molecule has 0 unspecified atom stereocenters. The van der Waals surface area contributed by atoms with Crippen molar-refractivity contribution in [1.29, 1.82) is 0 Å². The second kappa shape index (κ2) is 4.35. The van der Waals surface area contributed by atoms with Crippen LogP contribution >= 0.6 is 0 Å². The summed E-state index contributed by atoms with van der Waals surface area (Å²) in [5.74, 6) is 1.82. The maximum Gasteiger partial charge on any atom is 0.151 e. The molecule has 2 rings (SSSR count). The van der Waals surface area contributed by atoms with Crippen LogP contribution in [0.2, 0.25) is 0 Å². The summed E-state index contributed by atoms with van der Waals surface area (Å²) in [6.07, 6.45) is 1.71. The van der Waals surface area contributed by atoms with Crippen molar-refractivity contribution in [1.82, 2.24) is 14.8 Å². The Labute approximate surface area is 95.1 Å². The normalized spacial score (nSPS) is 10.6. The summed E-state index contributed by atoms with van der Waals surface area (Å²) in [6.45, 7) is 1.95. The van der Waals surface area contributed by atoms with Crippen molar-refractivity contribution in [2.24, 2.45) is 7.05 Å². The van der Waals surface area contributed by atoms with Crippen molar-refractivity contribution < 1.29 is 0 Å². The van der Waals surface area contributed by atoms with Crippen molar-refractivity contribution in [3.8, 4) is 0 Å². The summed E-state index contributed by atoms with van der Waals surface area (Å²) in [5.41, 5.74) is 7.88. The molecule has 0 saturated carbocycles. The van der Waals surface area contributed by atoms with E-state index in [1.54, 1.807) is 4.68 Å². The Morgan fingerprint density at radius 2 is 2.00 bits per heavy atom. The zero-order chi connectivity index (χ0) is 11.5. The molecule has 16 heavy (non-hydrogen) atoms. The molecule has 1 heterocycles. The predicted molar refractivity (Wildman–Crippen MR) is 64.0 cm³/mol. The Bertz CT molecular complexity index is 468. The molecule has 4 heteroatoms. The van der Waals surface area contributed by atoms with E-state index in [9.17, 15) is 0 Å². The van der Waals surface area contributed by atoms with Crippen molar-refractivity contribution in [2.75, 3.05) is 5.73 Å². The molecular weight excluding hydrogens is 200 g/mol. The third-order valence-electron chi connectivity index (χ3n) is 2.70. The van der Waals surface area contributed by atoms with E-state index in [4.69, 9.17) is 5.73 Å². The SMILES string of the molecule is Cc1nc(CCc2ccccc2N)nn1C. The number of nitrogens with zero attached hydrogens (tertiary/aromatic N) is 3. The number of hydrogen-bond acceptors (Lipinski definition) is 3. The van der Waals surface area contributed by atoms with Crippen molar-refractivity contribution >= 4 is 5.69 Å². The fraction of sp³-hybridized carbons (Fsp3) is 0.333. The van der Waals surface area contributed by atoms with Crippen LogP contribution in [0.4, 0.5) is 5.69 Å². The zero-order valence-electron chi connectivity index (χ0n) is 9.64. The highest BCUT2D eigenvalue weighted by atomic mass is 15.3. The van der Waals surface area contributed by atoms with E-state index in [1.807, 2.05) is 38.2 Å². The maximum absolute atomic E-state index is 5.87. The van der Waals surface area contributed by atoms with Crippen molar-refractivity contribution in [3.05, 3.63) is 41.5 Å². The average molecular weight is 216 g/mol. The summed E-state index contributed by atoms with van der Waals surface area (Å²) >= 11 is 0. The average Bonchev–Trinajstić information content (AvgIpc) is 2.57. The van der Waals surface area contributed by atoms with E-state index in [0.29, 0.717) is 0 Å². The summed E-state index contributed by atoms with van der Waals surface area (Å²) < 4.78 is 1.80. The van der Waals surface area contributed by atoms with Gasteiger partial charge in [-0.1, -0.05) is 18.2 Å². The fourth-order valence-electron chi connectivity index (χ4n) is 1.64. The first-order valence-corrected chi connectivity index (χ1v) is 5.36. The molecule has 0 fully saturated rings. The second-order valence-corrected chi connectivity index (χ2v) is 3.90. The van der Waals surface area contributed by atoms with Crippen LogP contribution in [0.25, 0.3) is 0 Å². The first-order valence-electron chi connectivity index (χ1n) is 5.36. The standard InChI is InChI=1S/C12H16N4/c1-9-14-12(15-16(9)2)8-7-10-5-3-4-6-11(10)13/h3-6H,7-8,13H2,1-2H3. The number of anilines is 1. The Morgan fingerprint density at radius 1 is 1.25 bits per heavy atom. The molecule has 4 nitrogen and oxygen atoms in total. The number of benzene rings is 1. The molecular formula is C12H16N4. The van der Waals surface area contributed by atoms with Gasteiger partial charge in [0, 0.05) is 19.2 Å². The molecule has 1 aromatic heterocycles. The van der Waals surface area contributed by atoms with E-state index in [2.05, 4.69) is 10.1 Å². The fourth-order valence-corrected chi connectivity index (χ4v) is 1.64. The zero-order valence-corrected chi connectivity index (χ0v) is 9.64. The lowest BCUT2D eigenvalue weighted by Crippen LogP contribution is -1.99. The number of aryl methyl sites for hydroxylation is 4. The predicted octanol–water partition coefficient (Wildman–Crippen LogP) is 1.49. The molecule has 0 amide bonds. The molecule has 2 aromatic rings. The highest BCUT2D eigenvalue weighted by Gasteiger charge is 2.04. The number of para-hydroxylation sites is 1. The molecule has 2 N–H and O–H groups in total. The second-order valence-electron chi connectivity index (χ2n) is 3.90. The van der Waals surface area contributed by atoms with Gasteiger partial charge in [0.2, 0.25) is 0 Å². The minimum Gasteiger partial charge on any atom is -0.399 e. The lowest BCUT2D eigenvalue weighted by molar-refractivity contribution is 0.716. The van der Waals surface area contributed by atoms with Crippen LogP contribution in [-0.2, 0) is 19.9 Å². The molecule has 0 bridgehead atoms. The molecule has 0 radical (unpaired) electrons. The Hall–Kier alpha value is -1.84. The van der Waals surface area contributed by atoms with Crippen LogP contribution in [0.15, 0.2) is 24.3 Å². The number of rotatable bonds is 3. The molecule has 0 aliphatic heterocycles. The molecule has 0 saturated heterocycles. The van der Waals surface area contributed by atoms with Gasteiger partial charge in [0.05, 0.1) is 0 Å². The Balaban J connectivity index is 2.05. The number of aromatic nitrogens is 3. The first kappa shape index (κ1) is 10.7. The van der Waals surface area contributed by atoms with Gasteiger partial charge in [-0.25, -0.2) is 4.98 Å². The third-order valence-corrected chi connectivity index (χ3v) is 2.70. The number of nitrogens with two attached hydrogens (primary N) is 1. The van der Waals surface area contributed by atoms with Crippen molar-refractivity contribution in [2.45, 2.75) is 19.8 Å². The van der Waals surface area contributed by atoms with Gasteiger partial charge in [-0.15, -0.1) is 0 Å². The first-order chi connectivity index (χ1) is 7.66. The smallest absolute Gasteiger partial charge is 0.151 e. The third kappa shape index (κ3) is 2.21. The highest BCUT2D eigenvalue weighted by molar-refractivity contribution is 5.46. The minimum atomic E-state index is 0.829. The van der Waals surface area contributed by atoms with E-state index in [0.717, 1.165) is 35.7 Å². The molecule has 0 aliphatic rings. The van der Waals surface area contributed by atoms with Crippen molar-refractivity contribution in [3.63, 3.8) is 0 Å². The summed E-state index contributed by atoms with van der Waals surface area (Å²) in [6, 6.07) is 7.92. The van der Waals surface area contributed by atoms with Crippen LogP contribution in [-0.4, -0.2) is 14.8 Å². The van der Waals surface area contributed by atoms with Crippen LogP contribution in [0.5, 0.6) is 0 Å². The van der Waals surface area contributed by atoms with Crippen LogP contribution < -0.4 is 5.73 Å². The van der Waals surface area contributed by atoms with Gasteiger partial charge in [-0.3, -0.25) is 4.68 Å². The van der Waals surface area contributed by atoms with E-state index in [-0.39, 0.29) is 0 Å².